The molecule has 0 amide bonds. The summed E-state index contributed by atoms with van der Waals surface area (Å²) in [5.74, 6) is 0.374. The van der Waals surface area contributed by atoms with E-state index >= 15 is 0 Å². The summed E-state index contributed by atoms with van der Waals surface area (Å²) in [4.78, 5) is 11.4. The summed E-state index contributed by atoms with van der Waals surface area (Å²) in [6.07, 6.45) is 1.99. The first-order chi connectivity index (χ1) is 11.1. The average Bonchev–Trinajstić information content (AvgIpc) is 2.60. The summed E-state index contributed by atoms with van der Waals surface area (Å²) in [6.45, 7) is 2.42. The molecule has 0 aliphatic heterocycles. The van der Waals surface area contributed by atoms with Gasteiger partial charge in [0.25, 0.3) is 0 Å². The van der Waals surface area contributed by atoms with Crippen LogP contribution in [0.2, 0.25) is 0 Å². The highest BCUT2D eigenvalue weighted by atomic mass is 16.5. The normalized spacial score (nSPS) is 10.7. The van der Waals surface area contributed by atoms with Crippen molar-refractivity contribution in [3.05, 3.63) is 70.8 Å². The molecule has 0 aromatic heterocycles. The van der Waals surface area contributed by atoms with Crippen LogP contribution < -0.4 is 4.74 Å². The molecule has 0 N–H and O–H groups in total. The molecule has 0 unspecified atom stereocenters. The van der Waals surface area contributed by atoms with Gasteiger partial charge >= 0.3 is 5.97 Å². The van der Waals surface area contributed by atoms with Gasteiger partial charge in [0, 0.05) is 0 Å². The Hall–Kier alpha value is -3.06. The first-order valence-electron chi connectivity index (χ1n) is 7.11. The highest BCUT2D eigenvalue weighted by Crippen LogP contribution is 2.14. The lowest BCUT2D eigenvalue weighted by atomic mass is 10.1. The van der Waals surface area contributed by atoms with Crippen LogP contribution in [0.5, 0.6) is 5.75 Å². The summed E-state index contributed by atoms with van der Waals surface area (Å²) in [5.41, 5.74) is 3.16. The van der Waals surface area contributed by atoms with Gasteiger partial charge < -0.3 is 9.47 Å². The van der Waals surface area contributed by atoms with Crippen LogP contribution in [0.1, 0.15) is 28.4 Å². The van der Waals surface area contributed by atoms with E-state index in [1.54, 1.807) is 36.4 Å². The number of hydrogen-bond donors (Lipinski definition) is 0. The molecule has 2 aromatic rings. The third-order valence-electron chi connectivity index (χ3n) is 3.19. The minimum atomic E-state index is -0.346. The van der Waals surface area contributed by atoms with Crippen molar-refractivity contribution < 1.29 is 14.3 Å². The van der Waals surface area contributed by atoms with Gasteiger partial charge in [0.15, 0.2) is 0 Å². The standard InChI is InChI=1S/C19H17NO3/c1-14(13-23-18-9-5-16(12-20)6-10-18)11-15-3-7-17(8-4-15)19(21)22-2/h3-11H,13H2,1-2H3. The zero-order valence-corrected chi connectivity index (χ0v) is 13.1. The Bertz CT molecular complexity index is 738. The molecule has 0 radical (unpaired) electrons. The van der Waals surface area contributed by atoms with Crippen LogP contribution in [0.4, 0.5) is 0 Å². The molecule has 0 heterocycles. The molecule has 0 aliphatic rings. The van der Waals surface area contributed by atoms with E-state index < -0.39 is 0 Å². The Balaban J connectivity index is 1.96. The fourth-order valence-electron chi connectivity index (χ4n) is 1.98. The monoisotopic (exact) mass is 307 g/mol. The van der Waals surface area contributed by atoms with Gasteiger partial charge in [-0.2, -0.15) is 5.26 Å². The Labute approximate surface area is 135 Å². The maximum Gasteiger partial charge on any atom is 0.337 e. The lowest BCUT2D eigenvalue weighted by Crippen LogP contribution is -2.00. The molecule has 4 heteroatoms. The Morgan fingerprint density at radius 3 is 2.35 bits per heavy atom. The van der Waals surface area contributed by atoms with Crippen molar-refractivity contribution in [1.29, 1.82) is 5.26 Å². The minimum absolute atomic E-state index is 0.346. The molecule has 0 saturated heterocycles. The first kappa shape index (κ1) is 16.3. The SMILES string of the molecule is COC(=O)c1ccc(C=C(C)COc2ccc(C#N)cc2)cc1. The second kappa shape index (κ2) is 7.81. The second-order valence-corrected chi connectivity index (χ2v) is 5.03. The van der Waals surface area contributed by atoms with Crippen molar-refractivity contribution in [3.63, 3.8) is 0 Å². The van der Waals surface area contributed by atoms with Gasteiger partial charge in [-0.15, -0.1) is 0 Å². The third-order valence-corrected chi connectivity index (χ3v) is 3.19. The Morgan fingerprint density at radius 2 is 1.78 bits per heavy atom. The lowest BCUT2D eigenvalue weighted by molar-refractivity contribution is 0.0600. The summed E-state index contributed by atoms with van der Waals surface area (Å²) in [7, 11) is 1.36. The molecule has 2 aromatic carbocycles. The summed E-state index contributed by atoms with van der Waals surface area (Å²) in [6, 6.07) is 16.2. The van der Waals surface area contributed by atoms with Crippen molar-refractivity contribution >= 4 is 12.0 Å². The maximum absolute atomic E-state index is 11.4. The van der Waals surface area contributed by atoms with E-state index in [-0.39, 0.29) is 5.97 Å². The van der Waals surface area contributed by atoms with E-state index in [4.69, 9.17) is 10.00 Å². The van der Waals surface area contributed by atoms with Gasteiger partial charge in [-0.05, 0) is 54.5 Å². The largest absolute Gasteiger partial charge is 0.489 e. The predicted octanol–water partition coefficient (Wildman–Crippen LogP) is 3.83. The van der Waals surface area contributed by atoms with E-state index in [9.17, 15) is 4.79 Å². The molecule has 4 nitrogen and oxygen atoms in total. The molecule has 0 saturated carbocycles. The van der Waals surface area contributed by atoms with Crippen molar-refractivity contribution in [3.8, 4) is 11.8 Å². The number of carbonyl (C=O) groups excluding carboxylic acids is 1. The van der Waals surface area contributed by atoms with Crippen LogP contribution in [0.15, 0.2) is 54.1 Å². The number of rotatable bonds is 5. The molecule has 116 valence electrons. The zero-order chi connectivity index (χ0) is 16.7. The molecular formula is C19H17NO3. The molecular weight excluding hydrogens is 290 g/mol. The molecule has 0 aliphatic carbocycles. The number of nitriles is 1. The Morgan fingerprint density at radius 1 is 1.13 bits per heavy atom. The predicted molar refractivity (Wildman–Crippen MR) is 88.1 cm³/mol. The van der Waals surface area contributed by atoms with Gasteiger partial charge in [-0.25, -0.2) is 4.79 Å². The maximum atomic E-state index is 11.4. The van der Waals surface area contributed by atoms with Crippen LogP contribution in [-0.2, 0) is 4.74 Å². The van der Waals surface area contributed by atoms with Gasteiger partial charge in [0.05, 0.1) is 24.3 Å². The molecule has 0 fully saturated rings. The minimum Gasteiger partial charge on any atom is -0.489 e. The molecule has 2 rings (SSSR count). The second-order valence-electron chi connectivity index (χ2n) is 5.03. The van der Waals surface area contributed by atoms with Crippen LogP contribution in [-0.4, -0.2) is 19.7 Å². The smallest absolute Gasteiger partial charge is 0.337 e. The van der Waals surface area contributed by atoms with E-state index in [1.165, 1.54) is 7.11 Å². The van der Waals surface area contributed by atoms with Crippen LogP contribution in [0, 0.1) is 11.3 Å². The van der Waals surface area contributed by atoms with Crippen molar-refractivity contribution in [1.82, 2.24) is 0 Å². The van der Waals surface area contributed by atoms with Crippen molar-refractivity contribution in [2.75, 3.05) is 13.7 Å². The van der Waals surface area contributed by atoms with Gasteiger partial charge in [-0.3, -0.25) is 0 Å². The quantitative estimate of drug-likeness (QED) is 0.788. The van der Waals surface area contributed by atoms with E-state index in [0.29, 0.717) is 17.7 Å². The summed E-state index contributed by atoms with van der Waals surface area (Å²) in [5, 5.41) is 8.75. The molecule has 0 spiro atoms. The van der Waals surface area contributed by atoms with Gasteiger partial charge in [0.1, 0.15) is 12.4 Å². The fourth-order valence-corrected chi connectivity index (χ4v) is 1.98. The first-order valence-corrected chi connectivity index (χ1v) is 7.11. The fraction of sp³-hybridized carbons (Fsp3) is 0.158. The summed E-state index contributed by atoms with van der Waals surface area (Å²) < 4.78 is 10.3. The van der Waals surface area contributed by atoms with E-state index in [2.05, 4.69) is 10.8 Å². The number of ether oxygens (including phenoxy) is 2. The molecule has 23 heavy (non-hydrogen) atoms. The van der Waals surface area contributed by atoms with Crippen LogP contribution in [0.3, 0.4) is 0 Å². The van der Waals surface area contributed by atoms with Gasteiger partial charge in [0.2, 0.25) is 0 Å². The van der Waals surface area contributed by atoms with Crippen LogP contribution in [0.25, 0.3) is 6.08 Å². The number of methoxy groups -OCH3 is 1. The highest BCUT2D eigenvalue weighted by Gasteiger charge is 2.03. The number of nitrogens with zero attached hydrogens (tertiary/aromatic N) is 1. The molecule has 0 bridgehead atoms. The van der Waals surface area contributed by atoms with E-state index in [1.807, 2.05) is 25.1 Å². The number of benzene rings is 2. The van der Waals surface area contributed by atoms with Crippen molar-refractivity contribution in [2.24, 2.45) is 0 Å². The van der Waals surface area contributed by atoms with Crippen LogP contribution >= 0.6 is 0 Å². The number of esters is 1. The topological polar surface area (TPSA) is 59.3 Å². The highest BCUT2D eigenvalue weighted by molar-refractivity contribution is 5.89. The summed E-state index contributed by atoms with van der Waals surface area (Å²) >= 11 is 0. The number of hydrogen-bond acceptors (Lipinski definition) is 4. The van der Waals surface area contributed by atoms with E-state index in [0.717, 1.165) is 16.9 Å². The number of carbonyl (C=O) groups is 1. The van der Waals surface area contributed by atoms with Crippen molar-refractivity contribution in [2.45, 2.75) is 6.92 Å². The van der Waals surface area contributed by atoms with Gasteiger partial charge in [-0.1, -0.05) is 18.2 Å². The average molecular weight is 307 g/mol. The zero-order valence-electron chi connectivity index (χ0n) is 13.1. The Kier molecular flexibility index (Phi) is 5.54. The molecule has 0 atom stereocenters. The third kappa shape index (κ3) is 4.72. The lowest BCUT2D eigenvalue weighted by Gasteiger charge is -2.07.